The van der Waals surface area contributed by atoms with Gasteiger partial charge in [-0.15, -0.1) is 13.2 Å². The molecule has 0 saturated heterocycles. The van der Waals surface area contributed by atoms with Gasteiger partial charge in [0.15, 0.2) is 8.96 Å². The van der Waals surface area contributed by atoms with Gasteiger partial charge in [0.2, 0.25) is 0 Å². The van der Waals surface area contributed by atoms with E-state index in [0.717, 1.165) is 0 Å². The minimum Gasteiger partial charge on any atom is -0.345 e. The average Bonchev–Trinajstić information content (AvgIpc) is 1.88. The standard InChI is InChI=1S/C8H19NSi2/c1-7-10(8-2)9(3)11(4,5)6/h7-8,10H,1-2H2,3-6H3. The molecule has 0 aliphatic heterocycles. The van der Waals surface area contributed by atoms with Gasteiger partial charge >= 0.3 is 0 Å². The van der Waals surface area contributed by atoms with Crippen LogP contribution in [0.3, 0.4) is 0 Å². The first-order valence-electron chi connectivity index (χ1n) is 3.91. The quantitative estimate of drug-likeness (QED) is 0.605. The fourth-order valence-corrected chi connectivity index (χ4v) is 5.89. The molecule has 0 radical (unpaired) electrons. The molecule has 0 aromatic carbocycles. The minimum atomic E-state index is -1.11. The lowest BCUT2D eigenvalue weighted by atomic mass is 11.2. The Morgan fingerprint density at radius 1 is 1.18 bits per heavy atom. The Morgan fingerprint density at radius 2 is 1.55 bits per heavy atom. The molecule has 0 aliphatic carbocycles. The van der Waals surface area contributed by atoms with Gasteiger partial charge in [0, 0.05) is 0 Å². The molecule has 0 bridgehead atoms. The SMILES string of the molecule is C=C[SiH](C=C)N(C)[Si](C)(C)C. The van der Waals surface area contributed by atoms with Gasteiger partial charge in [-0.25, -0.2) is 0 Å². The zero-order chi connectivity index (χ0) is 9.07. The van der Waals surface area contributed by atoms with Crippen LogP contribution in [-0.4, -0.2) is 28.5 Å². The maximum Gasteiger partial charge on any atom is 0.153 e. The summed E-state index contributed by atoms with van der Waals surface area (Å²) in [5, 5.41) is 0. The van der Waals surface area contributed by atoms with Crippen molar-refractivity contribution in [2.24, 2.45) is 0 Å². The van der Waals surface area contributed by atoms with E-state index < -0.39 is 17.2 Å². The van der Waals surface area contributed by atoms with Gasteiger partial charge in [-0.3, -0.25) is 0 Å². The lowest BCUT2D eigenvalue weighted by Gasteiger charge is -2.33. The van der Waals surface area contributed by atoms with Crippen molar-refractivity contribution in [3.05, 3.63) is 24.6 Å². The van der Waals surface area contributed by atoms with Crippen molar-refractivity contribution in [2.45, 2.75) is 19.6 Å². The van der Waals surface area contributed by atoms with Crippen LogP contribution in [0.15, 0.2) is 24.6 Å². The molecule has 0 N–H and O–H groups in total. The molecule has 11 heavy (non-hydrogen) atoms. The molecule has 0 atom stereocenters. The molecule has 0 rings (SSSR count). The van der Waals surface area contributed by atoms with Gasteiger partial charge in [-0.05, 0) is 7.05 Å². The fourth-order valence-electron chi connectivity index (χ4n) is 0.860. The molecule has 0 amide bonds. The highest BCUT2D eigenvalue weighted by Crippen LogP contribution is 2.09. The summed E-state index contributed by atoms with van der Waals surface area (Å²) >= 11 is 0. The molecule has 0 spiro atoms. The second-order valence-corrected chi connectivity index (χ2v) is 12.0. The maximum absolute atomic E-state index is 3.84. The van der Waals surface area contributed by atoms with E-state index in [1.165, 1.54) is 0 Å². The van der Waals surface area contributed by atoms with E-state index in [4.69, 9.17) is 0 Å². The first-order valence-corrected chi connectivity index (χ1v) is 9.21. The van der Waals surface area contributed by atoms with E-state index in [9.17, 15) is 0 Å². The molecule has 64 valence electrons. The summed E-state index contributed by atoms with van der Waals surface area (Å²) in [4.78, 5) is 0. The van der Waals surface area contributed by atoms with Crippen LogP contribution in [0.1, 0.15) is 0 Å². The van der Waals surface area contributed by atoms with Crippen molar-refractivity contribution in [2.75, 3.05) is 7.05 Å². The van der Waals surface area contributed by atoms with E-state index in [0.29, 0.717) is 0 Å². The lowest BCUT2D eigenvalue weighted by molar-refractivity contribution is 0.794. The molecule has 3 heteroatoms. The average molecular weight is 185 g/mol. The summed E-state index contributed by atoms with van der Waals surface area (Å²) in [6.45, 7) is 14.7. The molecule has 0 saturated carbocycles. The largest absolute Gasteiger partial charge is 0.345 e. The third kappa shape index (κ3) is 3.18. The Kier molecular flexibility index (Phi) is 3.99. The molecule has 0 aliphatic rings. The smallest absolute Gasteiger partial charge is 0.153 e. The lowest BCUT2D eigenvalue weighted by Crippen LogP contribution is -2.50. The second-order valence-electron chi connectivity index (χ2n) is 3.74. The summed E-state index contributed by atoms with van der Waals surface area (Å²) in [7, 11) is 0.0994. The van der Waals surface area contributed by atoms with Crippen LogP contribution in [-0.2, 0) is 0 Å². The zero-order valence-corrected chi connectivity index (χ0v) is 10.2. The van der Waals surface area contributed by atoms with E-state index in [2.05, 4.69) is 55.5 Å². The van der Waals surface area contributed by atoms with Crippen LogP contribution in [0.2, 0.25) is 19.6 Å². The van der Waals surface area contributed by atoms with Crippen LogP contribution >= 0.6 is 0 Å². The predicted octanol–water partition coefficient (Wildman–Crippen LogP) is 1.93. The number of rotatable bonds is 4. The Balaban J connectivity index is 4.31. The van der Waals surface area contributed by atoms with Crippen molar-refractivity contribution >= 4 is 17.2 Å². The molecular formula is C8H19NSi2. The summed E-state index contributed by atoms with van der Waals surface area (Å²) in [6.07, 6.45) is 0. The van der Waals surface area contributed by atoms with Crippen molar-refractivity contribution in [1.29, 1.82) is 0 Å². The van der Waals surface area contributed by atoms with E-state index in [1.54, 1.807) is 0 Å². The first-order chi connectivity index (χ1) is 4.93. The van der Waals surface area contributed by atoms with Crippen LogP contribution < -0.4 is 0 Å². The summed E-state index contributed by atoms with van der Waals surface area (Å²) in [5.41, 5.74) is 4.15. The predicted molar refractivity (Wildman–Crippen MR) is 58.7 cm³/mol. The van der Waals surface area contributed by atoms with Crippen LogP contribution in [0.5, 0.6) is 0 Å². The molecule has 0 aromatic heterocycles. The highest BCUT2D eigenvalue weighted by Gasteiger charge is 2.23. The Labute approximate surface area is 73.2 Å². The van der Waals surface area contributed by atoms with Gasteiger partial charge in [0.1, 0.15) is 8.24 Å². The van der Waals surface area contributed by atoms with Crippen molar-refractivity contribution in [3.63, 3.8) is 0 Å². The summed E-state index contributed by atoms with van der Waals surface area (Å²) in [5.74, 6) is 0. The first kappa shape index (κ1) is 10.9. The minimum absolute atomic E-state index is 0.988. The highest BCUT2D eigenvalue weighted by atomic mass is 28.4. The number of hydrogen-bond donors (Lipinski definition) is 0. The van der Waals surface area contributed by atoms with E-state index in [-0.39, 0.29) is 0 Å². The molecule has 0 aromatic rings. The monoisotopic (exact) mass is 185 g/mol. The van der Waals surface area contributed by atoms with Crippen molar-refractivity contribution in [3.8, 4) is 0 Å². The van der Waals surface area contributed by atoms with Gasteiger partial charge in [0.05, 0.1) is 0 Å². The Bertz CT molecular complexity index is 141. The molecular weight excluding hydrogens is 166 g/mol. The van der Waals surface area contributed by atoms with Gasteiger partial charge < -0.3 is 4.23 Å². The van der Waals surface area contributed by atoms with Crippen molar-refractivity contribution < 1.29 is 0 Å². The van der Waals surface area contributed by atoms with Gasteiger partial charge in [-0.2, -0.15) is 0 Å². The van der Waals surface area contributed by atoms with E-state index >= 15 is 0 Å². The number of nitrogens with zero attached hydrogens (tertiary/aromatic N) is 1. The molecule has 0 heterocycles. The van der Waals surface area contributed by atoms with E-state index in [1.807, 2.05) is 0 Å². The normalized spacial score (nSPS) is 12.2. The number of hydrogen-bond acceptors (Lipinski definition) is 1. The highest BCUT2D eigenvalue weighted by molar-refractivity contribution is 6.86. The Hall–Kier alpha value is -0.126. The van der Waals surface area contributed by atoms with Gasteiger partial charge in [0.25, 0.3) is 0 Å². The molecule has 0 unspecified atom stereocenters. The van der Waals surface area contributed by atoms with Crippen LogP contribution in [0, 0.1) is 0 Å². The van der Waals surface area contributed by atoms with Crippen LogP contribution in [0.4, 0.5) is 0 Å². The third-order valence-electron chi connectivity index (χ3n) is 1.99. The Morgan fingerprint density at radius 3 is 1.64 bits per heavy atom. The summed E-state index contributed by atoms with van der Waals surface area (Å²) in [6, 6.07) is 0. The maximum atomic E-state index is 3.84. The molecule has 0 fully saturated rings. The molecule has 1 nitrogen and oxygen atoms in total. The topological polar surface area (TPSA) is 3.24 Å². The summed E-state index contributed by atoms with van der Waals surface area (Å²) < 4.78 is 2.51. The second kappa shape index (κ2) is 4.04. The zero-order valence-electron chi connectivity index (χ0n) is 8.09. The van der Waals surface area contributed by atoms with Gasteiger partial charge in [-0.1, -0.05) is 31.0 Å². The third-order valence-corrected chi connectivity index (χ3v) is 9.18. The van der Waals surface area contributed by atoms with Crippen molar-refractivity contribution in [1.82, 2.24) is 4.23 Å². The van der Waals surface area contributed by atoms with Crippen LogP contribution in [0.25, 0.3) is 0 Å². The fraction of sp³-hybridized carbons (Fsp3) is 0.500.